The van der Waals surface area contributed by atoms with Crippen LogP contribution >= 0.6 is 0 Å². The van der Waals surface area contributed by atoms with Crippen molar-refractivity contribution in [3.05, 3.63) is 112 Å². The van der Waals surface area contributed by atoms with Gasteiger partial charge in [0.15, 0.2) is 5.65 Å². The number of nitrogens with zero attached hydrogens (tertiary/aromatic N) is 5. The number of likely N-dealkylation sites (N-methyl/N-ethyl adjacent to an activating group) is 1. The zero-order chi connectivity index (χ0) is 43.3. The van der Waals surface area contributed by atoms with Crippen LogP contribution in [0.4, 0.5) is 14.9 Å². The highest BCUT2D eigenvalue weighted by molar-refractivity contribution is 6.00. The van der Waals surface area contributed by atoms with Gasteiger partial charge in [0.25, 0.3) is 11.8 Å². The molecule has 1 atom stereocenters. The number of carbonyl (C=O) groups excluding carboxylic acids is 3. The average molecular weight is 833 g/mol. The summed E-state index contributed by atoms with van der Waals surface area (Å²) in [5, 5.41) is 15.3. The number of aryl methyl sites for hydroxylation is 2. The molecule has 5 aromatic rings. The van der Waals surface area contributed by atoms with Crippen LogP contribution < -0.4 is 16.0 Å². The van der Waals surface area contributed by atoms with Crippen LogP contribution in [-0.4, -0.2) is 93.5 Å². The second-order valence-corrected chi connectivity index (χ2v) is 16.9. The van der Waals surface area contributed by atoms with Crippen LogP contribution in [0.3, 0.4) is 0 Å². The smallest absolute Gasteiger partial charge is 0.410 e. The molecule has 0 bridgehead atoms. The van der Waals surface area contributed by atoms with Gasteiger partial charge in [-0.1, -0.05) is 37.3 Å². The molecule has 0 radical (unpaired) electrons. The van der Waals surface area contributed by atoms with Crippen molar-refractivity contribution >= 4 is 34.6 Å². The minimum Gasteiger partial charge on any atom is -0.444 e. The van der Waals surface area contributed by atoms with E-state index in [0.29, 0.717) is 62.5 Å². The van der Waals surface area contributed by atoms with E-state index in [9.17, 15) is 14.4 Å². The third-order valence-corrected chi connectivity index (χ3v) is 11.0. The predicted molar refractivity (Wildman–Crippen MR) is 234 cm³/mol. The summed E-state index contributed by atoms with van der Waals surface area (Å²) >= 11 is 0. The molecular formula is C47H57FN8O5. The van der Waals surface area contributed by atoms with Gasteiger partial charge in [-0.3, -0.25) is 14.5 Å². The number of hydrogen-bond acceptors (Lipinski definition) is 9. The standard InChI is InChI=1S/C47H57FN8O5/c1-7-41-38(42(52-35-17-19-60-20-18-35)39-26-51-56(8-2)43(39)53-41)25-50-45(58)34-14-10-13-33(23-34)44(57)49-24-30-15-16-40(48)37(22-30)32-12-9-11-31(21-32)27-54(6)28-36-29-55(36)46(59)61-47(3,4)5/h9-16,21-23,26,35-36H,7-8,17-20,24-25,27-29H2,1-6H3,(H,49,57)(H,50,58)(H,52,53). The highest BCUT2D eigenvalue weighted by atomic mass is 19.1. The van der Waals surface area contributed by atoms with Crippen LogP contribution in [0.2, 0.25) is 0 Å². The largest absolute Gasteiger partial charge is 0.444 e. The molecule has 13 nitrogen and oxygen atoms in total. The molecular weight excluding hydrogens is 776 g/mol. The summed E-state index contributed by atoms with van der Waals surface area (Å²) in [7, 11) is 2.00. The molecule has 61 heavy (non-hydrogen) atoms. The Labute approximate surface area is 357 Å². The first-order chi connectivity index (χ1) is 29.3. The van der Waals surface area contributed by atoms with E-state index in [-0.39, 0.29) is 48.9 Å². The van der Waals surface area contributed by atoms with Crippen molar-refractivity contribution in [2.75, 3.05) is 38.7 Å². The van der Waals surface area contributed by atoms with E-state index in [2.05, 4.69) is 32.9 Å². The number of halogens is 1. The predicted octanol–water partition coefficient (Wildman–Crippen LogP) is 7.32. The number of fused-ring (bicyclic) bond motifs is 1. The first kappa shape index (κ1) is 43.2. The lowest BCUT2D eigenvalue weighted by atomic mass is 10.00. The van der Waals surface area contributed by atoms with Crippen LogP contribution in [0.5, 0.6) is 0 Å². The highest BCUT2D eigenvalue weighted by Crippen LogP contribution is 2.32. The van der Waals surface area contributed by atoms with Crippen LogP contribution in [0.25, 0.3) is 22.2 Å². The van der Waals surface area contributed by atoms with Crippen molar-refractivity contribution in [2.45, 2.75) is 97.7 Å². The van der Waals surface area contributed by atoms with Gasteiger partial charge in [0.2, 0.25) is 0 Å². The van der Waals surface area contributed by atoms with E-state index in [0.717, 1.165) is 57.5 Å². The Bertz CT molecular complexity index is 2390. The van der Waals surface area contributed by atoms with Gasteiger partial charge in [0.1, 0.15) is 11.4 Å². The van der Waals surface area contributed by atoms with Gasteiger partial charge < -0.3 is 30.3 Å². The van der Waals surface area contributed by atoms with Crippen LogP contribution in [0, 0.1) is 5.82 Å². The maximum absolute atomic E-state index is 15.3. The highest BCUT2D eigenvalue weighted by Gasteiger charge is 2.41. The van der Waals surface area contributed by atoms with Crippen molar-refractivity contribution < 1.29 is 28.2 Å². The zero-order valence-electron chi connectivity index (χ0n) is 36.0. The molecule has 7 rings (SSSR count). The lowest BCUT2D eigenvalue weighted by Gasteiger charge is -2.26. The Morgan fingerprint density at radius 2 is 1.66 bits per heavy atom. The zero-order valence-corrected chi connectivity index (χ0v) is 36.0. The van der Waals surface area contributed by atoms with Crippen molar-refractivity contribution in [1.29, 1.82) is 0 Å². The monoisotopic (exact) mass is 832 g/mol. The molecule has 2 saturated heterocycles. The molecule has 4 heterocycles. The van der Waals surface area contributed by atoms with Gasteiger partial charge in [-0.05, 0) is 107 Å². The van der Waals surface area contributed by atoms with Gasteiger partial charge in [-0.25, -0.2) is 18.9 Å². The van der Waals surface area contributed by atoms with Gasteiger partial charge in [0.05, 0.1) is 23.3 Å². The quantitative estimate of drug-likeness (QED) is 0.0926. The van der Waals surface area contributed by atoms with Crippen molar-refractivity contribution in [3.63, 3.8) is 0 Å². The Morgan fingerprint density at radius 3 is 2.36 bits per heavy atom. The van der Waals surface area contributed by atoms with Crippen molar-refractivity contribution in [2.24, 2.45) is 0 Å². The minimum absolute atomic E-state index is 0.0985. The Morgan fingerprint density at radius 1 is 0.934 bits per heavy atom. The molecule has 0 spiro atoms. The number of rotatable bonds is 15. The first-order valence-electron chi connectivity index (χ1n) is 21.2. The lowest BCUT2D eigenvalue weighted by Crippen LogP contribution is -2.30. The molecule has 2 aromatic heterocycles. The van der Waals surface area contributed by atoms with E-state index < -0.39 is 5.60 Å². The molecule has 0 saturated carbocycles. The number of hydrogen-bond donors (Lipinski definition) is 3. The average Bonchev–Trinajstić information content (AvgIpc) is 3.89. The number of anilines is 1. The van der Waals surface area contributed by atoms with Gasteiger partial charge in [0, 0.05) is 86.5 Å². The molecule has 1 unspecified atom stereocenters. The maximum Gasteiger partial charge on any atom is 0.410 e. The molecule has 2 aliphatic rings. The number of amides is 3. The lowest BCUT2D eigenvalue weighted by molar-refractivity contribution is 0.0401. The fourth-order valence-electron chi connectivity index (χ4n) is 7.81. The molecule has 2 aliphatic heterocycles. The summed E-state index contributed by atoms with van der Waals surface area (Å²) in [6.07, 6.45) is 3.97. The van der Waals surface area contributed by atoms with Crippen LogP contribution in [0.15, 0.2) is 72.9 Å². The van der Waals surface area contributed by atoms with Crippen LogP contribution in [-0.2, 0) is 42.1 Å². The molecule has 0 aliphatic carbocycles. The normalized spacial score (nSPS) is 15.5. The molecule has 2 fully saturated rings. The van der Waals surface area contributed by atoms with E-state index in [1.807, 2.05) is 69.9 Å². The Hall–Kier alpha value is -5.86. The van der Waals surface area contributed by atoms with Crippen molar-refractivity contribution in [1.82, 2.24) is 35.2 Å². The number of nitrogens with one attached hydrogen (secondary N) is 3. The van der Waals surface area contributed by atoms with Gasteiger partial charge >= 0.3 is 6.09 Å². The van der Waals surface area contributed by atoms with E-state index >= 15 is 4.39 Å². The second kappa shape index (κ2) is 18.8. The van der Waals surface area contributed by atoms with Gasteiger partial charge in [-0.15, -0.1) is 0 Å². The topological polar surface area (TPSA) is 143 Å². The minimum atomic E-state index is -0.537. The van der Waals surface area contributed by atoms with Crippen LogP contribution in [0.1, 0.15) is 90.6 Å². The number of aromatic nitrogens is 3. The number of carbonyl (C=O) groups is 3. The number of pyridine rings is 1. The summed E-state index contributed by atoms with van der Waals surface area (Å²) in [5.74, 6) is -1.04. The van der Waals surface area contributed by atoms with E-state index in [1.165, 1.54) is 6.07 Å². The first-order valence-corrected chi connectivity index (χ1v) is 21.2. The summed E-state index contributed by atoms with van der Waals surface area (Å²) in [6.45, 7) is 14.1. The third kappa shape index (κ3) is 10.7. The Balaban J connectivity index is 0.973. The molecule has 3 amide bonds. The second-order valence-electron chi connectivity index (χ2n) is 16.9. The number of ether oxygens (including phenoxy) is 2. The summed E-state index contributed by atoms with van der Waals surface area (Å²) in [6, 6.07) is 19.5. The molecule has 3 N–H and O–H groups in total. The molecule has 14 heteroatoms. The fraction of sp³-hybridized carbons (Fsp3) is 0.426. The third-order valence-electron chi connectivity index (χ3n) is 11.0. The van der Waals surface area contributed by atoms with E-state index in [1.54, 1.807) is 41.3 Å². The summed E-state index contributed by atoms with van der Waals surface area (Å²) in [4.78, 5) is 48.3. The maximum atomic E-state index is 15.3. The van der Waals surface area contributed by atoms with Gasteiger partial charge in [-0.2, -0.15) is 5.10 Å². The SMILES string of the molecule is CCc1nc2c(cnn2CC)c(NC2CCOCC2)c1CNC(=O)c1cccc(C(=O)NCc2ccc(F)c(-c3cccc(CN(C)CC4CN4C(=O)OC(C)(C)C)c3)c2)c1. The summed E-state index contributed by atoms with van der Waals surface area (Å²) < 4.78 is 28.3. The van der Waals surface area contributed by atoms with E-state index in [4.69, 9.17) is 14.5 Å². The van der Waals surface area contributed by atoms with Crippen molar-refractivity contribution in [3.8, 4) is 11.1 Å². The number of benzene rings is 3. The summed E-state index contributed by atoms with van der Waals surface area (Å²) in [5.41, 5.74) is 6.58. The molecule has 322 valence electrons. The molecule has 3 aromatic carbocycles. The Kier molecular flexibility index (Phi) is 13.3. The fourth-order valence-corrected chi connectivity index (χ4v) is 7.81.